The Bertz CT molecular complexity index is 587. The first-order chi connectivity index (χ1) is 13.7. The van der Waals surface area contributed by atoms with E-state index < -0.39 is 33.3 Å². The second kappa shape index (κ2) is 10.8. The van der Waals surface area contributed by atoms with Gasteiger partial charge in [0.2, 0.25) is 0 Å². The lowest BCUT2D eigenvalue weighted by molar-refractivity contribution is -0.213. The quantitative estimate of drug-likeness (QED) is 0.245. The summed E-state index contributed by atoms with van der Waals surface area (Å²) in [6.07, 6.45) is -0.0625. The predicted octanol–water partition coefficient (Wildman–Crippen LogP) is 6.23. The molecule has 0 aromatic carbocycles. The molecule has 0 amide bonds. The monoisotopic (exact) mass is 506 g/mol. The highest BCUT2D eigenvalue weighted by atomic mass is 28.4. The summed E-state index contributed by atoms with van der Waals surface area (Å²) in [5, 5.41) is 0. The number of hydrogen-bond acceptors (Lipinski definition) is 5. The number of hydrogen-bond donors (Lipinski definition) is 0. The summed E-state index contributed by atoms with van der Waals surface area (Å²) in [5.41, 5.74) is 1.09. The van der Waals surface area contributed by atoms with Gasteiger partial charge in [-0.3, -0.25) is 0 Å². The van der Waals surface area contributed by atoms with Crippen molar-refractivity contribution in [2.45, 2.75) is 122 Å². The summed E-state index contributed by atoms with van der Waals surface area (Å²) in [5.74, 6) is 0. The van der Waals surface area contributed by atoms with Crippen LogP contribution in [0.2, 0.25) is 78.6 Å². The molecule has 9 heteroatoms. The van der Waals surface area contributed by atoms with E-state index in [1.165, 1.54) is 0 Å². The van der Waals surface area contributed by atoms with E-state index >= 15 is 0 Å². The Kier molecular flexibility index (Phi) is 10.2. The molecule has 0 N–H and O–H groups in total. The Morgan fingerprint density at radius 3 is 1.39 bits per heavy atom. The van der Waals surface area contributed by atoms with Gasteiger partial charge in [-0.15, -0.1) is 6.58 Å². The van der Waals surface area contributed by atoms with Crippen LogP contribution in [-0.4, -0.2) is 70.4 Å². The first-order valence-electron chi connectivity index (χ1n) is 11.6. The molecule has 0 unspecified atom stereocenters. The second-order valence-corrected chi connectivity index (χ2v) is 30.8. The SMILES string of the molecule is C=C(C)C[C@@H]1O[C@H](CO[Si](C)(C)C)[C@H](O[Si](C)(C)C)[C@H](O[Si](C)(C)C)[C@H]1O[Si](C)(C)C. The van der Waals surface area contributed by atoms with Crippen LogP contribution in [0.5, 0.6) is 0 Å². The Morgan fingerprint density at radius 1 is 0.645 bits per heavy atom. The molecule has 1 aliphatic rings. The standard InChI is InChI=1S/C22H50O5Si4/c1-17(2)15-18-20(25-29(6,7)8)22(27-31(12,13)14)21(26-30(9,10)11)19(24-18)16-23-28(3,4)5/h18-22H,1,15-16H2,2-14H3/t18-,19+,20-,21-,22+/m0/s1. The van der Waals surface area contributed by atoms with Crippen LogP contribution in [-0.2, 0) is 22.4 Å². The van der Waals surface area contributed by atoms with Crippen LogP contribution in [0.15, 0.2) is 12.2 Å². The summed E-state index contributed by atoms with van der Waals surface area (Å²) in [6.45, 7) is 33.5. The van der Waals surface area contributed by atoms with Gasteiger partial charge in [-0.05, 0) is 91.9 Å². The highest BCUT2D eigenvalue weighted by Gasteiger charge is 2.51. The molecule has 0 aromatic heterocycles. The van der Waals surface area contributed by atoms with Crippen molar-refractivity contribution >= 4 is 33.3 Å². The van der Waals surface area contributed by atoms with Crippen LogP contribution in [0.3, 0.4) is 0 Å². The van der Waals surface area contributed by atoms with E-state index in [1.807, 2.05) is 0 Å². The fourth-order valence-corrected chi connectivity index (χ4v) is 7.56. The molecular formula is C22H50O5Si4. The topological polar surface area (TPSA) is 46.2 Å². The molecular weight excluding hydrogens is 457 g/mol. The Balaban J connectivity index is 3.46. The molecule has 31 heavy (non-hydrogen) atoms. The lowest BCUT2D eigenvalue weighted by Gasteiger charge is -2.51. The third-order valence-electron chi connectivity index (χ3n) is 4.43. The van der Waals surface area contributed by atoms with Crippen molar-refractivity contribution < 1.29 is 22.4 Å². The molecule has 0 radical (unpaired) electrons. The molecule has 184 valence electrons. The van der Waals surface area contributed by atoms with E-state index in [2.05, 4.69) is 92.1 Å². The zero-order valence-electron chi connectivity index (χ0n) is 22.5. The Labute approximate surface area is 196 Å². The van der Waals surface area contributed by atoms with Gasteiger partial charge in [-0.1, -0.05) is 5.57 Å². The second-order valence-electron chi connectivity index (χ2n) is 12.9. The van der Waals surface area contributed by atoms with Crippen molar-refractivity contribution in [3.8, 4) is 0 Å². The maximum Gasteiger partial charge on any atom is 0.184 e. The van der Waals surface area contributed by atoms with Crippen LogP contribution in [0, 0.1) is 0 Å². The van der Waals surface area contributed by atoms with E-state index in [4.69, 9.17) is 22.4 Å². The van der Waals surface area contributed by atoms with Gasteiger partial charge in [0, 0.05) is 0 Å². The average Bonchev–Trinajstić information content (AvgIpc) is 2.46. The molecule has 1 saturated heterocycles. The van der Waals surface area contributed by atoms with Crippen molar-refractivity contribution in [1.82, 2.24) is 0 Å². The summed E-state index contributed by atoms with van der Waals surface area (Å²) in [6, 6.07) is 0. The van der Waals surface area contributed by atoms with Crippen molar-refractivity contribution in [2.75, 3.05) is 6.61 Å². The average molecular weight is 507 g/mol. The maximum atomic E-state index is 6.85. The van der Waals surface area contributed by atoms with Gasteiger partial charge in [-0.2, -0.15) is 0 Å². The lowest BCUT2D eigenvalue weighted by atomic mass is 9.92. The van der Waals surface area contributed by atoms with Gasteiger partial charge in [-0.25, -0.2) is 0 Å². The van der Waals surface area contributed by atoms with E-state index in [9.17, 15) is 0 Å². The molecule has 5 atom stereocenters. The van der Waals surface area contributed by atoms with Crippen molar-refractivity contribution in [3.63, 3.8) is 0 Å². The summed E-state index contributed by atoms with van der Waals surface area (Å²) >= 11 is 0. The fourth-order valence-electron chi connectivity index (χ4n) is 3.61. The summed E-state index contributed by atoms with van der Waals surface area (Å²) in [4.78, 5) is 0. The van der Waals surface area contributed by atoms with Gasteiger partial charge >= 0.3 is 0 Å². The van der Waals surface area contributed by atoms with Gasteiger partial charge < -0.3 is 22.4 Å². The van der Waals surface area contributed by atoms with Crippen LogP contribution < -0.4 is 0 Å². The number of rotatable bonds is 11. The third kappa shape index (κ3) is 11.9. The van der Waals surface area contributed by atoms with Gasteiger partial charge in [0.05, 0.1) is 18.8 Å². The third-order valence-corrected chi connectivity index (χ3v) is 8.40. The lowest BCUT2D eigenvalue weighted by Crippen LogP contribution is -2.66. The van der Waals surface area contributed by atoms with Gasteiger partial charge in [0.25, 0.3) is 0 Å². The highest BCUT2D eigenvalue weighted by Crippen LogP contribution is 2.35. The van der Waals surface area contributed by atoms with Gasteiger partial charge in [0.1, 0.15) is 18.3 Å². The summed E-state index contributed by atoms with van der Waals surface area (Å²) < 4.78 is 33.4. The predicted molar refractivity (Wildman–Crippen MR) is 142 cm³/mol. The summed E-state index contributed by atoms with van der Waals surface area (Å²) in [7, 11) is -7.31. The Morgan fingerprint density at radius 2 is 1.03 bits per heavy atom. The van der Waals surface area contributed by atoms with E-state index in [0.29, 0.717) is 6.61 Å². The van der Waals surface area contributed by atoms with E-state index in [0.717, 1.165) is 12.0 Å². The molecule has 5 nitrogen and oxygen atoms in total. The van der Waals surface area contributed by atoms with Crippen molar-refractivity contribution in [3.05, 3.63) is 12.2 Å². The minimum atomic E-state index is -1.88. The highest BCUT2D eigenvalue weighted by molar-refractivity contribution is 6.71. The molecule has 1 fully saturated rings. The largest absolute Gasteiger partial charge is 0.415 e. The van der Waals surface area contributed by atoms with Crippen LogP contribution in [0.4, 0.5) is 0 Å². The van der Waals surface area contributed by atoms with Crippen LogP contribution in [0.25, 0.3) is 0 Å². The molecule has 0 bridgehead atoms. The van der Waals surface area contributed by atoms with Gasteiger partial charge in [0.15, 0.2) is 33.3 Å². The normalized spacial score (nSPS) is 28.6. The zero-order chi connectivity index (χ0) is 24.4. The van der Waals surface area contributed by atoms with E-state index in [1.54, 1.807) is 0 Å². The molecule has 1 heterocycles. The Hall–Kier alpha value is 0.408. The fraction of sp³-hybridized carbons (Fsp3) is 0.909. The molecule has 0 aromatic rings. The first-order valence-corrected chi connectivity index (χ1v) is 25.3. The molecule has 1 aliphatic heterocycles. The molecule has 0 saturated carbocycles. The van der Waals surface area contributed by atoms with Crippen molar-refractivity contribution in [2.24, 2.45) is 0 Å². The maximum absolute atomic E-state index is 6.85. The molecule has 1 rings (SSSR count). The zero-order valence-corrected chi connectivity index (χ0v) is 26.5. The van der Waals surface area contributed by atoms with Crippen LogP contribution in [0.1, 0.15) is 13.3 Å². The first kappa shape index (κ1) is 29.4. The molecule has 0 spiro atoms. The van der Waals surface area contributed by atoms with Crippen LogP contribution >= 0.6 is 0 Å². The molecule has 0 aliphatic carbocycles. The number of ether oxygens (including phenoxy) is 1. The minimum Gasteiger partial charge on any atom is -0.415 e. The minimum absolute atomic E-state index is 0.109. The van der Waals surface area contributed by atoms with E-state index in [-0.39, 0.29) is 30.5 Å². The van der Waals surface area contributed by atoms with Crippen molar-refractivity contribution in [1.29, 1.82) is 0 Å². The smallest absolute Gasteiger partial charge is 0.184 e.